The van der Waals surface area contributed by atoms with Crippen LogP contribution in [0.5, 0.6) is 0 Å². The van der Waals surface area contributed by atoms with Crippen LogP contribution in [0, 0.1) is 10.8 Å². The number of carbonyl (C=O) groups excluding carboxylic acids is 3. The van der Waals surface area contributed by atoms with Gasteiger partial charge in [-0.1, -0.05) is 105 Å². The van der Waals surface area contributed by atoms with Gasteiger partial charge in [0.25, 0.3) is 0 Å². The standard InChI is InChI=1S/C38H60O4/c1-10-11-12-13-14-15-16-17-18-19-32(39)33-34(40)37(24-20-28(2)3,25-21-29(4)5)36(42)38(35(33)41,26-22-30(6)7)27-23-31(8)9/h20-23,40H,10-19,24-27H2,1-9H3. The van der Waals surface area contributed by atoms with E-state index in [1.54, 1.807) is 0 Å². The summed E-state index contributed by atoms with van der Waals surface area (Å²) < 4.78 is 0. The second-order valence-electron chi connectivity index (χ2n) is 13.5. The minimum atomic E-state index is -1.44. The second kappa shape index (κ2) is 18.2. The highest BCUT2D eigenvalue weighted by Crippen LogP contribution is 2.52. The lowest BCUT2D eigenvalue weighted by Crippen LogP contribution is -2.55. The van der Waals surface area contributed by atoms with E-state index in [4.69, 9.17) is 0 Å². The van der Waals surface area contributed by atoms with Crippen LogP contribution in [-0.2, 0) is 14.4 Å². The Bertz CT molecular complexity index is 1040. The molecule has 0 aliphatic heterocycles. The van der Waals surface area contributed by atoms with E-state index in [1.165, 1.54) is 32.1 Å². The Labute approximate surface area is 257 Å². The van der Waals surface area contributed by atoms with Crippen LogP contribution in [0.3, 0.4) is 0 Å². The van der Waals surface area contributed by atoms with Crippen molar-refractivity contribution in [1.82, 2.24) is 0 Å². The SMILES string of the molecule is CCCCCCCCCCCC(=O)C1=C(O)C(CC=C(C)C)(CC=C(C)C)C(=O)C(CC=C(C)C)(CC=C(C)C)C1=O. The van der Waals surface area contributed by atoms with Gasteiger partial charge in [0.2, 0.25) is 0 Å². The van der Waals surface area contributed by atoms with Gasteiger partial charge in [-0.15, -0.1) is 0 Å². The second-order valence-corrected chi connectivity index (χ2v) is 13.5. The Morgan fingerprint density at radius 2 is 0.952 bits per heavy atom. The highest BCUT2D eigenvalue weighted by molar-refractivity contribution is 6.31. The number of aliphatic hydroxyl groups excluding tert-OH is 1. The molecular weight excluding hydrogens is 520 g/mol. The van der Waals surface area contributed by atoms with E-state index < -0.39 is 16.6 Å². The van der Waals surface area contributed by atoms with Crippen molar-refractivity contribution in [3.8, 4) is 0 Å². The number of aliphatic hydroxyl groups is 1. The molecule has 1 rings (SSSR count). The topological polar surface area (TPSA) is 71.4 Å². The number of Topliss-reactive ketones (excluding diaryl/α,β-unsaturated/α-hetero) is 3. The number of hydrogen-bond acceptors (Lipinski definition) is 4. The van der Waals surface area contributed by atoms with Crippen molar-refractivity contribution < 1.29 is 19.5 Å². The van der Waals surface area contributed by atoms with Crippen LogP contribution in [0.25, 0.3) is 0 Å². The molecule has 1 aliphatic rings. The quantitative estimate of drug-likeness (QED) is 0.0714. The predicted molar refractivity (Wildman–Crippen MR) is 178 cm³/mol. The third-order valence-electron chi connectivity index (χ3n) is 8.44. The number of hydrogen-bond donors (Lipinski definition) is 1. The predicted octanol–water partition coefficient (Wildman–Crippen LogP) is 10.8. The summed E-state index contributed by atoms with van der Waals surface area (Å²) in [6.07, 6.45) is 19.0. The van der Waals surface area contributed by atoms with Gasteiger partial charge in [0.15, 0.2) is 17.3 Å². The van der Waals surface area contributed by atoms with Gasteiger partial charge < -0.3 is 5.11 Å². The fraction of sp³-hybridized carbons (Fsp3) is 0.658. The Kier molecular flexibility index (Phi) is 16.3. The van der Waals surface area contributed by atoms with Gasteiger partial charge in [-0.3, -0.25) is 14.4 Å². The zero-order valence-corrected chi connectivity index (χ0v) is 28.4. The third kappa shape index (κ3) is 10.7. The molecule has 0 unspecified atom stereocenters. The fourth-order valence-corrected chi connectivity index (χ4v) is 5.66. The van der Waals surface area contributed by atoms with Gasteiger partial charge >= 0.3 is 0 Å². The molecule has 0 fully saturated rings. The molecule has 1 N–H and O–H groups in total. The Hall–Kier alpha value is -2.49. The first-order valence-corrected chi connectivity index (χ1v) is 16.3. The largest absolute Gasteiger partial charge is 0.510 e. The monoisotopic (exact) mass is 580 g/mol. The number of unbranched alkanes of at least 4 members (excludes halogenated alkanes) is 8. The van der Waals surface area contributed by atoms with Crippen molar-refractivity contribution in [2.24, 2.45) is 10.8 Å². The summed E-state index contributed by atoms with van der Waals surface area (Å²) in [5.74, 6) is -1.43. The van der Waals surface area contributed by atoms with Crippen molar-refractivity contribution >= 4 is 17.3 Å². The van der Waals surface area contributed by atoms with Crippen molar-refractivity contribution in [3.05, 3.63) is 57.9 Å². The van der Waals surface area contributed by atoms with E-state index in [1.807, 2.05) is 79.7 Å². The molecule has 0 aromatic heterocycles. The van der Waals surface area contributed by atoms with Gasteiger partial charge in [0, 0.05) is 6.42 Å². The first-order valence-electron chi connectivity index (χ1n) is 16.3. The molecule has 4 heteroatoms. The maximum absolute atomic E-state index is 14.8. The minimum absolute atomic E-state index is 0.136. The molecule has 0 saturated heterocycles. The highest BCUT2D eigenvalue weighted by Gasteiger charge is 2.61. The molecule has 0 aromatic rings. The molecule has 0 amide bonds. The molecule has 0 heterocycles. The Morgan fingerprint density at radius 1 is 0.595 bits per heavy atom. The van der Waals surface area contributed by atoms with Gasteiger partial charge in [-0.25, -0.2) is 0 Å². The molecule has 0 saturated carbocycles. The summed E-state index contributed by atoms with van der Waals surface area (Å²) in [4.78, 5) is 43.1. The van der Waals surface area contributed by atoms with Gasteiger partial charge in [0.05, 0.1) is 5.41 Å². The minimum Gasteiger partial charge on any atom is -0.510 e. The molecular formula is C38H60O4. The van der Waals surface area contributed by atoms with Crippen molar-refractivity contribution in [3.63, 3.8) is 0 Å². The van der Waals surface area contributed by atoms with Gasteiger partial charge in [0.1, 0.15) is 16.7 Å². The van der Waals surface area contributed by atoms with Crippen LogP contribution in [0.4, 0.5) is 0 Å². The van der Waals surface area contributed by atoms with Gasteiger partial charge in [-0.05, 0) is 87.5 Å². The smallest absolute Gasteiger partial charge is 0.184 e. The van der Waals surface area contributed by atoms with Gasteiger partial charge in [-0.2, -0.15) is 0 Å². The maximum atomic E-state index is 14.8. The highest BCUT2D eigenvalue weighted by atomic mass is 16.3. The molecule has 0 atom stereocenters. The number of allylic oxidation sites excluding steroid dienone is 10. The molecule has 4 nitrogen and oxygen atoms in total. The number of ketones is 3. The first kappa shape index (κ1) is 37.5. The van der Waals surface area contributed by atoms with Crippen molar-refractivity contribution in [1.29, 1.82) is 0 Å². The van der Waals surface area contributed by atoms with Crippen LogP contribution in [0.1, 0.15) is 152 Å². The van der Waals surface area contributed by atoms with Crippen LogP contribution in [0.15, 0.2) is 57.9 Å². The van der Waals surface area contributed by atoms with Crippen LogP contribution >= 0.6 is 0 Å². The lowest BCUT2D eigenvalue weighted by atomic mass is 9.55. The summed E-state index contributed by atoms with van der Waals surface area (Å²) >= 11 is 0. The zero-order valence-electron chi connectivity index (χ0n) is 28.4. The maximum Gasteiger partial charge on any atom is 0.184 e. The Morgan fingerprint density at radius 3 is 1.33 bits per heavy atom. The zero-order chi connectivity index (χ0) is 31.9. The number of rotatable bonds is 19. The van der Waals surface area contributed by atoms with E-state index in [0.29, 0.717) is 6.42 Å². The molecule has 0 radical (unpaired) electrons. The molecule has 0 spiro atoms. The van der Waals surface area contributed by atoms with Crippen molar-refractivity contribution in [2.45, 2.75) is 152 Å². The van der Waals surface area contributed by atoms with E-state index >= 15 is 0 Å². The fourth-order valence-electron chi connectivity index (χ4n) is 5.66. The summed E-state index contributed by atoms with van der Waals surface area (Å²) in [5, 5.41) is 11.9. The summed E-state index contributed by atoms with van der Waals surface area (Å²) in [7, 11) is 0. The van der Waals surface area contributed by atoms with E-state index in [0.717, 1.165) is 41.6 Å². The molecule has 42 heavy (non-hydrogen) atoms. The molecule has 236 valence electrons. The van der Waals surface area contributed by atoms with Crippen LogP contribution in [0.2, 0.25) is 0 Å². The lowest BCUT2D eigenvalue weighted by Gasteiger charge is -2.44. The van der Waals surface area contributed by atoms with E-state index in [-0.39, 0.29) is 55.0 Å². The lowest BCUT2D eigenvalue weighted by molar-refractivity contribution is -0.148. The molecule has 1 aliphatic carbocycles. The van der Waals surface area contributed by atoms with Crippen LogP contribution < -0.4 is 0 Å². The Balaban J connectivity index is 3.61. The molecule has 0 bridgehead atoms. The van der Waals surface area contributed by atoms with Crippen molar-refractivity contribution in [2.75, 3.05) is 0 Å². The van der Waals surface area contributed by atoms with E-state index in [9.17, 15) is 19.5 Å². The average molecular weight is 581 g/mol. The first-order chi connectivity index (χ1) is 19.7. The third-order valence-corrected chi connectivity index (χ3v) is 8.44. The van der Waals surface area contributed by atoms with Crippen LogP contribution in [-0.4, -0.2) is 22.5 Å². The summed E-state index contributed by atoms with van der Waals surface area (Å²) in [5.41, 5.74) is 1.12. The number of carbonyl (C=O) groups is 3. The van der Waals surface area contributed by atoms with E-state index in [2.05, 4.69) is 6.92 Å². The normalized spacial score (nSPS) is 15.7. The summed E-state index contributed by atoms with van der Waals surface area (Å²) in [6.45, 7) is 17.9. The summed E-state index contributed by atoms with van der Waals surface area (Å²) in [6, 6.07) is 0. The molecule has 0 aromatic carbocycles. The average Bonchev–Trinajstić information content (AvgIpc) is 2.91.